The van der Waals surface area contributed by atoms with E-state index in [1.165, 1.54) is 12.1 Å². The van der Waals surface area contributed by atoms with Crippen LogP contribution >= 0.6 is 0 Å². The molecule has 0 aliphatic carbocycles. The van der Waals surface area contributed by atoms with E-state index in [0.717, 1.165) is 0 Å². The average Bonchev–Trinajstić information content (AvgIpc) is 2.82. The first kappa shape index (κ1) is 11.8. The first-order valence-electron chi connectivity index (χ1n) is 5.85. The van der Waals surface area contributed by atoms with E-state index in [4.69, 9.17) is 4.42 Å². The van der Waals surface area contributed by atoms with Crippen molar-refractivity contribution in [3.05, 3.63) is 47.9 Å². The Bertz CT molecular complexity index is 720. The van der Waals surface area contributed by atoms with Crippen LogP contribution < -0.4 is 0 Å². The number of oxazole rings is 1. The predicted molar refractivity (Wildman–Crippen MR) is 67.8 cm³/mol. The van der Waals surface area contributed by atoms with E-state index in [0.29, 0.717) is 28.4 Å². The molecule has 0 aliphatic heterocycles. The molecule has 0 spiro atoms. The van der Waals surface area contributed by atoms with Gasteiger partial charge in [0.15, 0.2) is 0 Å². The van der Waals surface area contributed by atoms with Crippen LogP contribution in [-0.2, 0) is 0 Å². The zero-order valence-electron chi connectivity index (χ0n) is 10.2. The Hall–Kier alpha value is -2.27. The number of rotatable bonds is 2. The zero-order valence-corrected chi connectivity index (χ0v) is 10.2. The van der Waals surface area contributed by atoms with E-state index in [2.05, 4.69) is 9.97 Å². The number of halogens is 1. The molecule has 2 aromatic heterocycles. The summed E-state index contributed by atoms with van der Waals surface area (Å²) in [5.41, 5.74) is 2.16. The minimum atomic E-state index is -0.663. The van der Waals surface area contributed by atoms with E-state index in [9.17, 15) is 9.50 Å². The maximum absolute atomic E-state index is 12.9. The van der Waals surface area contributed by atoms with Gasteiger partial charge >= 0.3 is 0 Å². The van der Waals surface area contributed by atoms with Crippen LogP contribution in [0.15, 0.2) is 40.8 Å². The van der Waals surface area contributed by atoms with Crippen molar-refractivity contribution in [1.82, 2.24) is 9.97 Å². The Kier molecular flexibility index (Phi) is 2.76. The van der Waals surface area contributed by atoms with E-state index in [1.807, 2.05) is 0 Å². The molecule has 0 saturated carbocycles. The van der Waals surface area contributed by atoms with E-state index in [-0.39, 0.29) is 5.82 Å². The molecule has 4 nitrogen and oxygen atoms in total. The molecular formula is C14H11FN2O2. The Morgan fingerprint density at radius 2 is 1.84 bits per heavy atom. The van der Waals surface area contributed by atoms with E-state index in [1.54, 1.807) is 31.2 Å². The Labute approximate surface area is 108 Å². The first-order valence-corrected chi connectivity index (χ1v) is 5.85. The van der Waals surface area contributed by atoms with Gasteiger partial charge in [-0.25, -0.2) is 14.4 Å². The normalized spacial score (nSPS) is 12.8. The van der Waals surface area contributed by atoms with Crippen molar-refractivity contribution in [2.24, 2.45) is 0 Å². The van der Waals surface area contributed by atoms with Crippen molar-refractivity contribution in [3.8, 4) is 11.5 Å². The fraction of sp³-hybridized carbons (Fsp3) is 0.143. The van der Waals surface area contributed by atoms with Crippen LogP contribution in [-0.4, -0.2) is 15.1 Å². The van der Waals surface area contributed by atoms with Gasteiger partial charge in [-0.1, -0.05) is 0 Å². The molecule has 19 heavy (non-hydrogen) atoms. The SMILES string of the molecule is C[C@@H](O)c1ccc2nc(-c3ccc(F)cc3)oc2n1. The molecule has 1 atom stereocenters. The van der Waals surface area contributed by atoms with Crippen LogP contribution in [0.5, 0.6) is 0 Å². The second-order valence-corrected chi connectivity index (χ2v) is 4.26. The van der Waals surface area contributed by atoms with Gasteiger partial charge in [0.05, 0.1) is 11.8 Å². The van der Waals surface area contributed by atoms with Gasteiger partial charge in [0.2, 0.25) is 11.6 Å². The number of nitrogens with zero attached hydrogens (tertiary/aromatic N) is 2. The summed E-state index contributed by atoms with van der Waals surface area (Å²) in [5, 5.41) is 9.47. The number of hydrogen-bond donors (Lipinski definition) is 1. The predicted octanol–water partition coefficient (Wildman–Crippen LogP) is 3.08. The molecule has 2 heterocycles. The van der Waals surface area contributed by atoms with Crippen LogP contribution in [0, 0.1) is 5.82 Å². The zero-order chi connectivity index (χ0) is 13.4. The number of benzene rings is 1. The summed E-state index contributed by atoms with van der Waals surface area (Å²) in [5.74, 6) is 0.0691. The van der Waals surface area contributed by atoms with Crippen LogP contribution in [0.4, 0.5) is 4.39 Å². The third kappa shape index (κ3) is 2.20. The lowest BCUT2D eigenvalue weighted by molar-refractivity contribution is 0.194. The van der Waals surface area contributed by atoms with Crippen molar-refractivity contribution in [2.45, 2.75) is 13.0 Å². The summed E-state index contributed by atoms with van der Waals surface area (Å²) >= 11 is 0. The second kappa shape index (κ2) is 4.44. The molecule has 1 aromatic carbocycles. The third-order valence-electron chi connectivity index (χ3n) is 2.80. The van der Waals surface area contributed by atoms with Gasteiger partial charge < -0.3 is 9.52 Å². The summed E-state index contributed by atoms with van der Waals surface area (Å²) in [6.07, 6.45) is -0.663. The molecule has 0 amide bonds. The number of fused-ring (bicyclic) bond motifs is 1. The van der Waals surface area contributed by atoms with Gasteiger partial charge in [-0.2, -0.15) is 0 Å². The molecule has 0 saturated heterocycles. The Morgan fingerprint density at radius 3 is 2.53 bits per heavy atom. The molecule has 0 fully saturated rings. The van der Waals surface area contributed by atoms with Crippen LogP contribution in [0.25, 0.3) is 22.7 Å². The summed E-state index contributed by atoms with van der Waals surface area (Å²) in [7, 11) is 0. The van der Waals surface area contributed by atoms with Crippen molar-refractivity contribution in [1.29, 1.82) is 0 Å². The molecule has 0 aliphatic rings. The van der Waals surface area contributed by atoms with Gasteiger partial charge in [0, 0.05) is 5.56 Å². The summed E-state index contributed by atoms with van der Waals surface area (Å²) in [6.45, 7) is 1.63. The molecule has 3 aromatic rings. The quantitative estimate of drug-likeness (QED) is 0.767. The van der Waals surface area contributed by atoms with Crippen molar-refractivity contribution in [2.75, 3.05) is 0 Å². The number of hydrogen-bond acceptors (Lipinski definition) is 4. The van der Waals surface area contributed by atoms with Crippen LogP contribution in [0.2, 0.25) is 0 Å². The molecule has 5 heteroatoms. The fourth-order valence-corrected chi connectivity index (χ4v) is 1.78. The highest BCUT2D eigenvalue weighted by atomic mass is 19.1. The average molecular weight is 258 g/mol. The van der Waals surface area contributed by atoms with E-state index < -0.39 is 6.10 Å². The smallest absolute Gasteiger partial charge is 0.247 e. The highest BCUT2D eigenvalue weighted by Crippen LogP contribution is 2.24. The second-order valence-electron chi connectivity index (χ2n) is 4.26. The molecule has 0 unspecified atom stereocenters. The van der Waals surface area contributed by atoms with E-state index >= 15 is 0 Å². The highest BCUT2D eigenvalue weighted by molar-refractivity contribution is 5.72. The molecule has 96 valence electrons. The maximum atomic E-state index is 12.9. The van der Waals surface area contributed by atoms with Crippen LogP contribution in [0.3, 0.4) is 0 Å². The summed E-state index contributed by atoms with van der Waals surface area (Å²) in [4.78, 5) is 8.47. The molecule has 1 N–H and O–H groups in total. The molecular weight excluding hydrogens is 247 g/mol. The lowest BCUT2D eigenvalue weighted by atomic mass is 10.2. The number of pyridine rings is 1. The minimum absolute atomic E-state index is 0.311. The highest BCUT2D eigenvalue weighted by Gasteiger charge is 2.11. The summed E-state index contributed by atoms with van der Waals surface area (Å²) < 4.78 is 18.4. The van der Waals surface area contributed by atoms with Crippen molar-refractivity contribution >= 4 is 11.2 Å². The fourth-order valence-electron chi connectivity index (χ4n) is 1.78. The van der Waals surface area contributed by atoms with Gasteiger partial charge in [-0.05, 0) is 43.3 Å². The number of aliphatic hydroxyl groups is 1. The molecule has 0 radical (unpaired) electrons. The first-order chi connectivity index (χ1) is 9.13. The largest absolute Gasteiger partial charge is 0.418 e. The number of aliphatic hydroxyl groups excluding tert-OH is 1. The Balaban J connectivity index is 2.08. The minimum Gasteiger partial charge on any atom is -0.418 e. The topological polar surface area (TPSA) is 59.2 Å². The van der Waals surface area contributed by atoms with Gasteiger partial charge in [-0.3, -0.25) is 0 Å². The van der Waals surface area contributed by atoms with Crippen molar-refractivity contribution in [3.63, 3.8) is 0 Å². The summed E-state index contributed by atoms with van der Waals surface area (Å²) in [6, 6.07) is 9.31. The standard InChI is InChI=1S/C14H11FN2O2/c1-8(18)11-6-7-12-14(16-11)19-13(17-12)9-2-4-10(15)5-3-9/h2-8,18H,1H3/t8-/m1/s1. The third-order valence-corrected chi connectivity index (χ3v) is 2.80. The molecule has 3 rings (SSSR count). The van der Waals surface area contributed by atoms with Gasteiger partial charge in [-0.15, -0.1) is 0 Å². The van der Waals surface area contributed by atoms with Crippen molar-refractivity contribution < 1.29 is 13.9 Å². The lowest BCUT2D eigenvalue weighted by Crippen LogP contribution is -1.94. The monoisotopic (exact) mass is 258 g/mol. The lowest BCUT2D eigenvalue weighted by Gasteiger charge is -2.00. The van der Waals surface area contributed by atoms with Gasteiger partial charge in [0.25, 0.3) is 0 Å². The van der Waals surface area contributed by atoms with Gasteiger partial charge in [0.1, 0.15) is 11.3 Å². The number of aromatic nitrogens is 2. The van der Waals surface area contributed by atoms with Crippen LogP contribution in [0.1, 0.15) is 18.7 Å². The molecule has 0 bridgehead atoms. The maximum Gasteiger partial charge on any atom is 0.247 e. The Morgan fingerprint density at radius 1 is 1.11 bits per heavy atom.